The summed E-state index contributed by atoms with van der Waals surface area (Å²) in [5.41, 5.74) is 6.43. The van der Waals surface area contributed by atoms with Crippen LogP contribution in [0.1, 0.15) is 70.4 Å². The molecule has 17 heteroatoms. The molecule has 0 saturated carbocycles. The van der Waals surface area contributed by atoms with E-state index in [0.29, 0.717) is 48.1 Å². The zero-order valence-corrected chi connectivity index (χ0v) is 33.7. The summed E-state index contributed by atoms with van der Waals surface area (Å²) >= 11 is 8.19. The first-order valence-electron chi connectivity index (χ1n) is 19.5. The normalized spacial score (nSPS) is 25.5. The van der Waals surface area contributed by atoms with Crippen molar-refractivity contribution in [1.29, 1.82) is 5.26 Å². The molecule has 12 nitrogen and oxygen atoms in total. The number of hydrogen-bond donors (Lipinski definition) is 1. The fraction of sp³-hybridized carbons (Fsp3) is 0.488. The Morgan fingerprint density at radius 3 is 2.69 bits per heavy atom. The number of ether oxygens (including phenoxy) is 3. The van der Waals surface area contributed by atoms with Crippen molar-refractivity contribution in [2.45, 2.75) is 95.4 Å². The summed E-state index contributed by atoms with van der Waals surface area (Å²) in [6, 6.07) is 3.31. The quantitative estimate of drug-likeness (QED) is 0.143. The second kappa shape index (κ2) is 14.2. The number of thiophene rings is 1. The lowest BCUT2D eigenvalue weighted by Crippen LogP contribution is -2.61. The van der Waals surface area contributed by atoms with Crippen molar-refractivity contribution in [1.82, 2.24) is 19.8 Å². The van der Waals surface area contributed by atoms with Gasteiger partial charge in [-0.2, -0.15) is 15.2 Å². The molecule has 58 heavy (non-hydrogen) atoms. The number of nitrogen functional groups attached to an aromatic ring is 1. The van der Waals surface area contributed by atoms with Gasteiger partial charge >= 0.3 is 18.1 Å². The predicted molar refractivity (Wildman–Crippen MR) is 213 cm³/mol. The summed E-state index contributed by atoms with van der Waals surface area (Å²) in [6.45, 7) is 10.8. The van der Waals surface area contributed by atoms with Gasteiger partial charge in [0.25, 0.3) is 0 Å². The molecule has 2 bridgehead atoms. The van der Waals surface area contributed by atoms with Gasteiger partial charge in [-0.1, -0.05) is 38.1 Å². The van der Waals surface area contributed by atoms with E-state index in [0.717, 1.165) is 30.7 Å². The van der Waals surface area contributed by atoms with Crippen molar-refractivity contribution in [3.8, 4) is 23.2 Å². The highest BCUT2D eigenvalue weighted by Gasteiger charge is 2.52. The van der Waals surface area contributed by atoms with Gasteiger partial charge in [0.1, 0.15) is 41.0 Å². The molecule has 0 spiro atoms. The largest absolute Gasteiger partial charge is 0.461 e. The SMILES string of the molecule is C=C1C[C@H]2[C@@H]3CC[C@H](CN2c2nc(OC[C@@]45CCCN4C[C@H](F)C5)nc4c(F)c(-c5ccc(F)c6sc(N)c(C#N)c56)c(Cl)c1c24)N3C(=O)OC(C)OC(=O)C(C)C. The number of amides is 1. The number of halogens is 4. The first kappa shape index (κ1) is 38.7. The molecular weight excluding hydrogens is 795 g/mol. The summed E-state index contributed by atoms with van der Waals surface area (Å²) in [7, 11) is 0. The van der Waals surface area contributed by atoms with E-state index in [1.54, 1.807) is 18.7 Å². The first-order chi connectivity index (χ1) is 27.7. The number of nitrogens with two attached hydrogens (primary N) is 1. The van der Waals surface area contributed by atoms with Crippen LogP contribution < -0.4 is 15.4 Å². The number of nitriles is 1. The van der Waals surface area contributed by atoms with E-state index in [1.807, 2.05) is 11.0 Å². The van der Waals surface area contributed by atoms with Gasteiger partial charge < -0.3 is 24.8 Å². The van der Waals surface area contributed by atoms with Gasteiger partial charge in [0.2, 0.25) is 6.29 Å². The van der Waals surface area contributed by atoms with Crippen molar-refractivity contribution in [2.75, 3.05) is 36.9 Å². The van der Waals surface area contributed by atoms with Crippen LogP contribution in [0.3, 0.4) is 0 Å². The number of esters is 1. The lowest BCUT2D eigenvalue weighted by atomic mass is 9.90. The minimum Gasteiger partial charge on any atom is -0.461 e. The second-order valence-electron chi connectivity index (χ2n) is 16.3. The lowest BCUT2D eigenvalue weighted by molar-refractivity contribution is -0.170. The Morgan fingerprint density at radius 2 is 1.93 bits per heavy atom. The van der Waals surface area contributed by atoms with Gasteiger partial charge in [0, 0.05) is 42.9 Å². The number of rotatable bonds is 7. The average Bonchev–Trinajstić information content (AvgIpc) is 3.89. The summed E-state index contributed by atoms with van der Waals surface area (Å²) in [6.07, 6.45) is 0.718. The fourth-order valence-corrected chi connectivity index (χ4v) is 11.3. The van der Waals surface area contributed by atoms with E-state index >= 15 is 8.78 Å². The van der Waals surface area contributed by atoms with E-state index in [1.165, 1.54) is 19.1 Å². The molecule has 0 radical (unpaired) electrons. The molecule has 2 N–H and O–H groups in total. The monoisotopic (exact) mass is 835 g/mol. The Morgan fingerprint density at radius 1 is 1.14 bits per heavy atom. The molecule has 6 atom stereocenters. The number of nitrogens with zero attached hydrogens (tertiary/aromatic N) is 6. The highest BCUT2D eigenvalue weighted by molar-refractivity contribution is 7.23. The van der Waals surface area contributed by atoms with Crippen molar-refractivity contribution in [3.05, 3.63) is 46.5 Å². The Balaban J connectivity index is 1.18. The zero-order chi connectivity index (χ0) is 40.9. The lowest BCUT2D eigenvalue weighted by Gasteiger charge is -2.46. The van der Waals surface area contributed by atoms with Gasteiger partial charge in [-0.3, -0.25) is 14.6 Å². The Kier molecular flexibility index (Phi) is 9.44. The summed E-state index contributed by atoms with van der Waals surface area (Å²) in [5.74, 6) is -2.03. The number of fused-ring (bicyclic) bond motifs is 7. The van der Waals surface area contributed by atoms with Gasteiger partial charge in [-0.15, -0.1) is 11.3 Å². The van der Waals surface area contributed by atoms with Crippen LogP contribution in [0.15, 0.2) is 18.7 Å². The van der Waals surface area contributed by atoms with Crippen LogP contribution in [-0.4, -0.2) is 94.2 Å². The molecule has 4 fully saturated rings. The maximum absolute atomic E-state index is 17.6. The van der Waals surface area contributed by atoms with E-state index in [9.17, 15) is 19.2 Å². The number of hydrogen-bond acceptors (Lipinski definition) is 12. The summed E-state index contributed by atoms with van der Waals surface area (Å²) in [4.78, 5) is 41.5. The molecule has 1 unspecified atom stereocenters. The van der Waals surface area contributed by atoms with E-state index in [-0.39, 0.29) is 73.9 Å². The molecule has 0 aliphatic carbocycles. The van der Waals surface area contributed by atoms with Gasteiger partial charge in [0.15, 0.2) is 5.82 Å². The number of benzene rings is 2. The molecule has 1 amide bonds. The van der Waals surface area contributed by atoms with Gasteiger partial charge in [-0.25, -0.2) is 18.0 Å². The van der Waals surface area contributed by atoms with E-state index in [4.69, 9.17) is 36.5 Å². The molecule has 2 aromatic heterocycles. The third-order valence-corrected chi connectivity index (χ3v) is 13.9. The van der Waals surface area contributed by atoms with Crippen molar-refractivity contribution in [3.63, 3.8) is 0 Å². The maximum atomic E-state index is 17.6. The van der Waals surface area contributed by atoms with Crippen LogP contribution in [0.25, 0.3) is 37.7 Å². The summed E-state index contributed by atoms with van der Waals surface area (Å²) in [5, 5.41) is 10.6. The number of carbonyl (C=O) groups is 2. The molecule has 5 aliphatic rings. The third kappa shape index (κ3) is 5.94. The minimum atomic E-state index is -1.12. The number of alkyl halides is 1. The molecule has 4 aromatic rings. The molecular formula is C41H41ClF3N7O5S. The highest BCUT2D eigenvalue weighted by atomic mass is 35.5. The van der Waals surface area contributed by atoms with Crippen LogP contribution in [0.5, 0.6) is 6.01 Å². The molecule has 7 heterocycles. The molecule has 4 saturated heterocycles. The summed E-state index contributed by atoms with van der Waals surface area (Å²) < 4.78 is 65.1. The van der Waals surface area contributed by atoms with Crippen LogP contribution in [0, 0.1) is 28.9 Å². The van der Waals surface area contributed by atoms with Crippen LogP contribution in [0.2, 0.25) is 5.02 Å². The van der Waals surface area contributed by atoms with Crippen molar-refractivity contribution in [2.24, 2.45) is 5.92 Å². The van der Waals surface area contributed by atoms with Gasteiger partial charge in [0.05, 0.1) is 50.3 Å². The number of piperazine rings is 1. The average molecular weight is 836 g/mol. The Hall–Kier alpha value is -4.85. The van der Waals surface area contributed by atoms with E-state index < -0.39 is 59.7 Å². The fourth-order valence-electron chi connectivity index (χ4n) is 9.96. The van der Waals surface area contributed by atoms with Crippen molar-refractivity contribution >= 4 is 72.4 Å². The van der Waals surface area contributed by atoms with Crippen LogP contribution in [0.4, 0.5) is 28.8 Å². The van der Waals surface area contributed by atoms with Crippen LogP contribution in [-0.2, 0) is 14.3 Å². The molecule has 9 rings (SSSR count). The first-order valence-corrected chi connectivity index (χ1v) is 20.7. The third-order valence-electron chi connectivity index (χ3n) is 12.5. The predicted octanol–water partition coefficient (Wildman–Crippen LogP) is 7.97. The number of aromatic nitrogens is 2. The second-order valence-corrected chi connectivity index (χ2v) is 17.8. The topological polar surface area (TPSA) is 147 Å². The van der Waals surface area contributed by atoms with E-state index in [2.05, 4.69) is 16.5 Å². The molecule has 2 aromatic carbocycles. The molecule has 5 aliphatic heterocycles. The van der Waals surface area contributed by atoms with Crippen molar-refractivity contribution < 1.29 is 37.0 Å². The zero-order valence-electron chi connectivity index (χ0n) is 32.1. The maximum Gasteiger partial charge on any atom is 0.413 e. The number of anilines is 2. The number of carbonyl (C=O) groups excluding carboxylic acids is 2. The van der Waals surface area contributed by atoms with Crippen LogP contribution >= 0.6 is 22.9 Å². The standard InChI is InChI=1S/C41H41ClF3N7O5S/c1-18(2)38(53)56-20(4)57-40(54)52-22-6-9-26(52)27-12-19(3)28-31-34(33(45)30(32(28)42)23-7-8-25(44)35-29(23)24(14-46)36(47)58-35)48-39(49-37(31)51(27)16-22)55-17-41-10-5-11-50(41)15-21(43)13-41/h7-8,18,20-22,26-27H,3,5-6,9-13,15-17,47H2,1-2,4H3/t20?,21-,22-,26+,27+,41+/m1/s1. The minimum absolute atomic E-state index is 0.00122. The Bertz CT molecular complexity index is 2480. The smallest absolute Gasteiger partial charge is 0.413 e. The van der Waals surface area contributed by atoms with Gasteiger partial charge in [-0.05, 0) is 55.9 Å². The Labute approximate surface area is 341 Å². The highest BCUT2D eigenvalue weighted by Crippen LogP contribution is 2.53. The molecule has 304 valence electrons.